The van der Waals surface area contributed by atoms with Crippen molar-refractivity contribution in [3.8, 4) is 5.75 Å². The Morgan fingerprint density at radius 2 is 1.66 bits per heavy atom. The maximum Gasteiger partial charge on any atom is 0.247 e. The highest BCUT2D eigenvalue weighted by Gasteiger charge is 2.31. The molecule has 1 heterocycles. The smallest absolute Gasteiger partial charge is 0.247 e. The second kappa shape index (κ2) is 13.1. The van der Waals surface area contributed by atoms with Crippen molar-refractivity contribution in [2.24, 2.45) is 0 Å². The van der Waals surface area contributed by atoms with Crippen LogP contribution in [-0.2, 0) is 27.3 Å². The van der Waals surface area contributed by atoms with E-state index in [0.717, 1.165) is 21.8 Å². The number of nitrogens with one attached hydrogen (secondary N) is 1. The number of carbonyl (C=O) groups excluding carboxylic acids is 2. The van der Waals surface area contributed by atoms with Crippen LogP contribution in [0, 0.1) is 0 Å². The van der Waals surface area contributed by atoms with E-state index in [-0.39, 0.29) is 18.2 Å². The Balaban J connectivity index is 1.88. The average Bonchev–Trinajstić information content (AvgIpc) is 3.38. The van der Waals surface area contributed by atoms with Gasteiger partial charge in [0.05, 0.1) is 20.1 Å². The van der Waals surface area contributed by atoms with E-state index >= 15 is 0 Å². The lowest BCUT2D eigenvalue weighted by Gasteiger charge is -2.31. The van der Waals surface area contributed by atoms with Gasteiger partial charge in [-0.1, -0.05) is 56.3 Å². The first kappa shape index (κ1) is 26.4. The van der Waals surface area contributed by atoms with Gasteiger partial charge in [-0.15, -0.1) is 11.3 Å². The van der Waals surface area contributed by atoms with Crippen molar-refractivity contribution in [3.05, 3.63) is 87.6 Å². The summed E-state index contributed by atoms with van der Waals surface area (Å²) in [5.74, 6) is 0.792. The van der Waals surface area contributed by atoms with Gasteiger partial charge in [0.2, 0.25) is 11.8 Å². The van der Waals surface area contributed by atoms with Gasteiger partial charge in [0.25, 0.3) is 0 Å². The van der Waals surface area contributed by atoms with Crippen LogP contribution in [0.2, 0.25) is 0 Å². The predicted octanol–water partition coefficient (Wildman–Crippen LogP) is 4.96. The standard InChI is InChI=1S/C28H34N2O4S/c1-20(2)22-9-11-23(12-10-22)27(28(32)29-19-21-7-13-24(34-4)14-8-21)30(15-16-33-3)26(31)18-25-6-5-17-35-25/h5-14,17,20,27H,15-16,18-19H2,1-4H3,(H,29,32)/t27-/m0/s1. The van der Waals surface area contributed by atoms with E-state index in [2.05, 4.69) is 19.2 Å². The van der Waals surface area contributed by atoms with Crippen LogP contribution in [0.3, 0.4) is 0 Å². The van der Waals surface area contributed by atoms with E-state index in [1.165, 1.54) is 16.9 Å². The fourth-order valence-corrected chi connectivity index (χ4v) is 4.51. The molecule has 3 rings (SSSR count). The minimum absolute atomic E-state index is 0.109. The largest absolute Gasteiger partial charge is 0.497 e. The number of carbonyl (C=O) groups is 2. The summed E-state index contributed by atoms with van der Waals surface area (Å²) in [5.41, 5.74) is 2.90. The van der Waals surface area contributed by atoms with Crippen LogP contribution in [0.15, 0.2) is 66.0 Å². The normalized spacial score (nSPS) is 11.8. The lowest BCUT2D eigenvalue weighted by molar-refractivity contribution is -0.141. The van der Waals surface area contributed by atoms with Crippen molar-refractivity contribution in [3.63, 3.8) is 0 Å². The first-order valence-electron chi connectivity index (χ1n) is 11.7. The molecule has 0 aliphatic rings. The molecule has 2 amide bonds. The maximum atomic E-state index is 13.6. The van der Waals surface area contributed by atoms with Crippen LogP contribution in [0.5, 0.6) is 5.75 Å². The van der Waals surface area contributed by atoms with Gasteiger partial charge in [-0.25, -0.2) is 0 Å². The van der Waals surface area contributed by atoms with Gasteiger partial charge in [-0.2, -0.15) is 0 Å². The molecule has 1 N–H and O–H groups in total. The zero-order valence-electron chi connectivity index (χ0n) is 20.8. The minimum atomic E-state index is -0.767. The van der Waals surface area contributed by atoms with Crippen molar-refractivity contribution in [1.82, 2.24) is 10.2 Å². The first-order chi connectivity index (χ1) is 16.9. The molecule has 0 bridgehead atoms. The van der Waals surface area contributed by atoms with Crippen LogP contribution in [0.1, 0.15) is 47.4 Å². The Kier molecular flexibility index (Phi) is 9.87. The van der Waals surface area contributed by atoms with Crippen molar-refractivity contribution >= 4 is 23.2 Å². The molecular formula is C28H34N2O4S. The maximum absolute atomic E-state index is 13.6. The van der Waals surface area contributed by atoms with Crippen molar-refractivity contribution < 1.29 is 19.1 Å². The fourth-order valence-electron chi connectivity index (χ4n) is 3.82. The topological polar surface area (TPSA) is 67.9 Å². The number of rotatable bonds is 12. The molecule has 0 fully saturated rings. The van der Waals surface area contributed by atoms with Crippen LogP contribution in [0.4, 0.5) is 0 Å². The van der Waals surface area contributed by atoms with Gasteiger partial charge in [-0.3, -0.25) is 9.59 Å². The second-order valence-corrected chi connectivity index (χ2v) is 9.66. The molecular weight excluding hydrogens is 460 g/mol. The molecule has 0 saturated carbocycles. The van der Waals surface area contributed by atoms with E-state index in [1.807, 2.05) is 66.0 Å². The summed E-state index contributed by atoms with van der Waals surface area (Å²) in [6, 6.07) is 18.6. The second-order valence-electron chi connectivity index (χ2n) is 8.63. The highest BCUT2D eigenvalue weighted by atomic mass is 32.1. The summed E-state index contributed by atoms with van der Waals surface area (Å²) in [6.45, 7) is 5.25. The third kappa shape index (κ3) is 7.41. The Hall–Kier alpha value is -3.16. The summed E-state index contributed by atoms with van der Waals surface area (Å²) in [6.07, 6.45) is 0.244. The molecule has 0 aliphatic carbocycles. The highest BCUT2D eigenvalue weighted by molar-refractivity contribution is 7.10. The Morgan fingerprint density at radius 1 is 0.971 bits per heavy atom. The number of hydrogen-bond acceptors (Lipinski definition) is 5. The summed E-state index contributed by atoms with van der Waals surface area (Å²) < 4.78 is 10.5. The van der Waals surface area contributed by atoms with Gasteiger partial charge >= 0.3 is 0 Å². The summed E-state index contributed by atoms with van der Waals surface area (Å²) >= 11 is 1.53. The monoisotopic (exact) mass is 494 g/mol. The Morgan fingerprint density at radius 3 is 2.23 bits per heavy atom. The Labute approximate surface area is 211 Å². The van der Waals surface area contributed by atoms with E-state index in [0.29, 0.717) is 25.6 Å². The molecule has 186 valence electrons. The molecule has 2 aromatic carbocycles. The lowest BCUT2D eigenvalue weighted by Crippen LogP contribution is -2.45. The van der Waals surface area contributed by atoms with Gasteiger partial charge in [0.1, 0.15) is 11.8 Å². The Bertz CT molecular complexity index is 1060. The number of thiophene rings is 1. The third-order valence-corrected chi connectivity index (χ3v) is 6.74. The summed E-state index contributed by atoms with van der Waals surface area (Å²) in [4.78, 5) is 29.6. The zero-order valence-corrected chi connectivity index (χ0v) is 21.6. The summed E-state index contributed by atoms with van der Waals surface area (Å²) in [5, 5.41) is 4.98. The van der Waals surface area contributed by atoms with Crippen LogP contribution in [-0.4, -0.2) is 44.1 Å². The molecule has 1 aromatic heterocycles. The third-order valence-electron chi connectivity index (χ3n) is 5.87. The van der Waals surface area contributed by atoms with E-state index in [9.17, 15) is 9.59 Å². The molecule has 1 atom stereocenters. The van der Waals surface area contributed by atoms with Crippen molar-refractivity contribution in [1.29, 1.82) is 0 Å². The van der Waals surface area contributed by atoms with Crippen LogP contribution in [0.25, 0.3) is 0 Å². The quantitative estimate of drug-likeness (QED) is 0.387. The van der Waals surface area contributed by atoms with Crippen molar-refractivity contribution in [2.75, 3.05) is 27.4 Å². The van der Waals surface area contributed by atoms with Gasteiger partial charge in [-0.05, 0) is 46.2 Å². The van der Waals surface area contributed by atoms with Gasteiger partial charge in [0.15, 0.2) is 0 Å². The van der Waals surface area contributed by atoms with Crippen molar-refractivity contribution in [2.45, 2.75) is 38.8 Å². The van der Waals surface area contributed by atoms with E-state index < -0.39 is 6.04 Å². The molecule has 0 unspecified atom stereocenters. The number of nitrogens with zero attached hydrogens (tertiary/aromatic N) is 1. The number of benzene rings is 2. The van der Waals surface area contributed by atoms with Gasteiger partial charge in [0, 0.05) is 25.1 Å². The number of methoxy groups -OCH3 is 2. The number of amides is 2. The first-order valence-corrected chi connectivity index (χ1v) is 12.6. The molecule has 7 heteroatoms. The lowest BCUT2D eigenvalue weighted by atomic mass is 9.97. The molecule has 0 saturated heterocycles. The van der Waals surface area contributed by atoms with Crippen LogP contribution < -0.4 is 10.1 Å². The average molecular weight is 495 g/mol. The zero-order chi connectivity index (χ0) is 25.2. The molecule has 0 spiro atoms. The van der Waals surface area contributed by atoms with Crippen LogP contribution >= 0.6 is 11.3 Å². The van der Waals surface area contributed by atoms with E-state index in [1.54, 1.807) is 19.1 Å². The summed E-state index contributed by atoms with van der Waals surface area (Å²) in [7, 11) is 3.21. The SMILES string of the molecule is COCCN(C(=O)Cc1cccs1)[C@H](C(=O)NCc1ccc(OC)cc1)c1ccc(C(C)C)cc1. The highest BCUT2D eigenvalue weighted by Crippen LogP contribution is 2.26. The predicted molar refractivity (Wildman–Crippen MR) is 140 cm³/mol. The number of ether oxygens (including phenoxy) is 2. The van der Waals surface area contributed by atoms with E-state index in [4.69, 9.17) is 9.47 Å². The van der Waals surface area contributed by atoms with Gasteiger partial charge < -0.3 is 19.7 Å². The number of hydrogen-bond donors (Lipinski definition) is 1. The molecule has 0 aliphatic heterocycles. The fraction of sp³-hybridized carbons (Fsp3) is 0.357. The molecule has 6 nitrogen and oxygen atoms in total. The molecule has 35 heavy (non-hydrogen) atoms. The molecule has 0 radical (unpaired) electrons. The molecule has 3 aromatic rings. The minimum Gasteiger partial charge on any atom is -0.497 e.